The summed E-state index contributed by atoms with van der Waals surface area (Å²) in [5.41, 5.74) is 6.15. The van der Waals surface area contributed by atoms with Crippen LogP contribution in [0.15, 0.2) is 29.3 Å². The topological polar surface area (TPSA) is 102 Å². The zero-order chi connectivity index (χ0) is 25.3. The average Bonchev–Trinajstić information content (AvgIpc) is 3.25. The van der Waals surface area contributed by atoms with Crippen LogP contribution in [-0.4, -0.2) is 43.8 Å². The molecule has 3 aromatic rings. The summed E-state index contributed by atoms with van der Waals surface area (Å²) < 4.78 is 7.63. The van der Waals surface area contributed by atoms with Crippen molar-refractivity contribution in [1.29, 1.82) is 0 Å². The first-order valence-corrected chi connectivity index (χ1v) is 12.2. The van der Waals surface area contributed by atoms with Gasteiger partial charge >= 0.3 is 5.97 Å². The number of ether oxygens (including phenoxy) is 1. The van der Waals surface area contributed by atoms with Crippen LogP contribution in [-0.2, 0) is 9.53 Å². The van der Waals surface area contributed by atoms with Gasteiger partial charge in [-0.2, -0.15) is 5.48 Å². The van der Waals surface area contributed by atoms with Crippen molar-refractivity contribution < 1.29 is 14.7 Å². The van der Waals surface area contributed by atoms with Gasteiger partial charge in [-0.25, -0.2) is 0 Å². The lowest BCUT2D eigenvalue weighted by molar-refractivity contribution is -0.155. The Morgan fingerprint density at radius 2 is 1.91 bits per heavy atom. The van der Waals surface area contributed by atoms with E-state index >= 15 is 0 Å². The van der Waals surface area contributed by atoms with E-state index in [0.29, 0.717) is 5.82 Å². The fourth-order valence-corrected chi connectivity index (χ4v) is 5.18. The second kappa shape index (κ2) is 9.74. The van der Waals surface area contributed by atoms with Gasteiger partial charge in [0, 0.05) is 21.6 Å². The van der Waals surface area contributed by atoms with Gasteiger partial charge in [-0.05, 0) is 59.2 Å². The summed E-state index contributed by atoms with van der Waals surface area (Å²) in [7, 11) is 0. The maximum Gasteiger partial charge on any atom is 0.308 e. The molecule has 1 aliphatic heterocycles. The summed E-state index contributed by atoms with van der Waals surface area (Å²) in [4.78, 5) is 19.1. The third kappa shape index (κ3) is 5.20. The van der Waals surface area contributed by atoms with E-state index in [2.05, 4.69) is 35.9 Å². The van der Waals surface area contributed by atoms with E-state index < -0.39 is 11.6 Å². The van der Waals surface area contributed by atoms with Gasteiger partial charge in [0.25, 0.3) is 0 Å². The largest absolute Gasteiger partial charge is 0.460 e. The Kier molecular flexibility index (Phi) is 6.90. The van der Waals surface area contributed by atoms with Crippen LogP contribution in [0.1, 0.15) is 72.0 Å². The van der Waals surface area contributed by atoms with Gasteiger partial charge < -0.3 is 9.94 Å². The molecule has 0 unspecified atom stereocenters. The molecule has 9 heteroatoms. The highest BCUT2D eigenvalue weighted by atomic mass is 32.1. The molecule has 0 radical (unpaired) electrons. The maximum atomic E-state index is 12.8. The van der Waals surface area contributed by atoms with Gasteiger partial charge in [0.05, 0.1) is 18.7 Å². The number of rotatable bonds is 4. The lowest BCUT2D eigenvalue weighted by Crippen LogP contribution is -2.25. The molecule has 0 saturated heterocycles. The van der Waals surface area contributed by atoms with Gasteiger partial charge in [-0.1, -0.05) is 24.0 Å². The van der Waals surface area contributed by atoms with Gasteiger partial charge in [-0.3, -0.25) is 14.4 Å². The zero-order valence-corrected chi connectivity index (χ0v) is 21.6. The van der Waals surface area contributed by atoms with Crippen molar-refractivity contribution in [2.45, 2.75) is 59.6 Å². The highest BCUT2D eigenvalue weighted by Gasteiger charge is 2.33. The lowest BCUT2D eigenvalue weighted by atomic mass is 9.98. The summed E-state index contributed by atoms with van der Waals surface area (Å²) >= 11 is 1.67. The van der Waals surface area contributed by atoms with Crippen LogP contribution >= 0.6 is 11.3 Å². The van der Waals surface area contributed by atoms with Gasteiger partial charge in [0.1, 0.15) is 22.5 Å². The fourth-order valence-electron chi connectivity index (χ4n) is 3.96. The smallest absolute Gasteiger partial charge is 0.308 e. The molecule has 8 nitrogen and oxygen atoms in total. The summed E-state index contributed by atoms with van der Waals surface area (Å²) in [6, 6.07) is 7.27. The fraction of sp³-hybridized carbons (Fsp3) is 0.385. The monoisotopic (exact) mass is 491 g/mol. The van der Waals surface area contributed by atoms with Crippen LogP contribution in [0.5, 0.6) is 0 Å². The summed E-state index contributed by atoms with van der Waals surface area (Å²) in [5, 5.41) is 18.5. The third-order valence-electron chi connectivity index (χ3n) is 5.58. The Labute approximate surface area is 209 Å². The number of nitrogens with one attached hydrogen (secondary N) is 1. The van der Waals surface area contributed by atoms with E-state index in [1.165, 1.54) is 4.88 Å². The Bertz CT molecular complexity index is 1350. The standard InChI is InChI=1S/C26H29N5O3S/c1-15-16(2)35-25-22(15)23(19-11-9-18(10-12-19)8-7-13-27-33)28-20(14-21(32)34-26(4,5)6)24-30-29-17(3)31(24)25/h9-12,20,27,33H,13-14H2,1-6H3/t20-/m0/s1. The highest BCUT2D eigenvalue weighted by molar-refractivity contribution is 7.15. The number of hydrogen-bond donors (Lipinski definition) is 2. The molecule has 182 valence electrons. The Balaban J connectivity index is 1.84. The second-order valence-electron chi connectivity index (χ2n) is 9.40. The molecule has 0 spiro atoms. The zero-order valence-electron chi connectivity index (χ0n) is 20.8. The first-order chi connectivity index (χ1) is 16.6. The molecule has 35 heavy (non-hydrogen) atoms. The third-order valence-corrected chi connectivity index (χ3v) is 6.77. The van der Waals surface area contributed by atoms with Crippen molar-refractivity contribution in [3.05, 3.63) is 63.0 Å². The van der Waals surface area contributed by atoms with Crippen LogP contribution in [0.3, 0.4) is 0 Å². The van der Waals surface area contributed by atoms with Crippen LogP contribution in [0, 0.1) is 32.6 Å². The first kappa shape index (κ1) is 24.8. The molecular formula is C26H29N5O3S. The molecule has 0 saturated carbocycles. The van der Waals surface area contributed by atoms with Crippen LogP contribution in [0.2, 0.25) is 0 Å². The Morgan fingerprint density at radius 3 is 2.57 bits per heavy atom. The second-order valence-corrected chi connectivity index (χ2v) is 10.6. The summed E-state index contributed by atoms with van der Waals surface area (Å²) in [5.74, 6) is 6.89. The number of aromatic nitrogens is 3. The molecule has 2 aromatic heterocycles. The normalized spacial score (nSPS) is 14.8. The average molecular weight is 492 g/mol. The van der Waals surface area contributed by atoms with Crippen LogP contribution in [0.4, 0.5) is 0 Å². The number of aliphatic imine (C=N–C) groups is 1. The molecule has 1 aromatic carbocycles. The molecular weight excluding hydrogens is 462 g/mol. The van der Waals surface area contributed by atoms with Gasteiger partial charge in [-0.15, -0.1) is 21.5 Å². The lowest BCUT2D eigenvalue weighted by Gasteiger charge is -2.21. The van der Waals surface area contributed by atoms with Crippen molar-refractivity contribution in [2.75, 3.05) is 6.54 Å². The molecule has 0 amide bonds. The van der Waals surface area contributed by atoms with Crippen molar-refractivity contribution in [1.82, 2.24) is 20.2 Å². The SMILES string of the molecule is Cc1sc2c(c1C)C(c1ccc(C#CCNO)cc1)=N[C@@H](CC(=O)OC(C)(C)C)c1nnc(C)n1-2. The van der Waals surface area contributed by atoms with Crippen molar-refractivity contribution >= 4 is 23.0 Å². The van der Waals surface area contributed by atoms with E-state index in [9.17, 15) is 4.79 Å². The quantitative estimate of drug-likeness (QED) is 0.322. The molecule has 0 aliphatic carbocycles. The summed E-state index contributed by atoms with van der Waals surface area (Å²) in [6.45, 7) is 11.8. The van der Waals surface area contributed by atoms with Gasteiger partial charge in [0.2, 0.25) is 0 Å². The predicted octanol–water partition coefficient (Wildman–Crippen LogP) is 4.21. The van der Waals surface area contributed by atoms with Crippen molar-refractivity contribution in [3.8, 4) is 16.8 Å². The molecule has 3 heterocycles. The molecule has 1 aliphatic rings. The number of hydroxylamine groups is 1. The molecule has 4 rings (SSSR count). The first-order valence-electron chi connectivity index (χ1n) is 11.4. The Morgan fingerprint density at radius 1 is 1.20 bits per heavy atom. The number of carbonyl (C=O) groups is 1. The number of esters is 1. The number of carbonyl (C=O) groups excluding carboxylic acids is 1. The molecule has 0 bridgehead atoms. The van der Waals surface area contributed by atoms with Gasteiger partial charge in [0.15, 0.2) is 5.82 Å². The van der Waals surface area contributed by atoms with E-state index in [-0.39, 0.29) is 18.9 Å². The summed E-state index contributed by atoms with van der Waals surface area (Å²) in [6.07, 6.45) is 0.0591. The number of benzene rings is 1. The minimum atomic E-state index is -0.591. The number of fused-ring (bicyclic) bond motifs is 3. The number of hydrogen-bond acceptors (Lipinski definition) is 8. The van der Waals surface area contributed by atoms with Crippen LogP contribution < -0.4 is 5.48 Å². The predicted molar refractivity (Wildman–Crippen MR) is 135 cm³/mol. The van der Waals surface area contributed by atoms with E-state index in [4.69, 9.17) is 14.9 Å². The Hall–Kier alpha value is -3.32. The molecule has 1 atom stereocenters. The van der Waals surface area contributed by atoms with Crippen LogP contribution in [0.25, 0.3) is 5.00 Å². The minimum Gasteiger partial charge on any atom is -0.460 e. The maximum absolute atomic E-state index is 12.8. The number of thiophene rings is 1. The number of aryl methyl sites for hydroxylation is 2. The number of nitrogens with zero attached hydrogens (tertiary/aromatic N) is 4. The van der Waals surface area contributed by atoms with E-state index in [1.54, 1.807) is 11.3 Å². The van der Waals surface area contributed by atoms with Crippen molar-refractivity contribution in [3.63, 3.8) is 0 Å². The molecule has 2 N–H and O–H groups in total. The highest BCUT2D eigenvalue weighted by Crippen LogP contribution is 2.39. The van der Waals surface area contributed by atoms with Crippen molar-refractivity contribution in [2.24, 2.45) is 4.99 Å². The van der Waals surface area contributed by atoms with E-state index in [1.807, 2.05) is 62.0 Å². The minimum absolute atomic E-state index is 0.0591. The van der Waals surface area contributed by atoms with E-state index in [0.717, 1.165) is 38.8 Å². The molecule has 0 fully saturated rings.